The van der Waals surface area contributed by atoms with E-state index in [9.17, 15) is 9.59 Å². The molecule has 3 heterocycles. The molecule has 1 aromatic heterocycles. The highest BCUT2D eigenvalue weighted by Crippen LogP contribution is 2.40. The minimum Gasteiger partial charge on any atom is -0.343 e. The zero-order valence-corrected chi connectivity index (χ0v) is 19.6. The number of rotatable bonds is 6. The van der Waals surface area contributed by atoms with Crippen molar-refractivity contribution >= 4 is 46.3 Å². The summed E-state index contributed by atoms with van der Waals surface area (Å²) < 4.78 is 0. The molecule has 34 heavy (non-hydrogen) atoms. The van der Waals surface area contributed by atoms with Crippen LogP contribution in [0.15, 0.2) is 54.7 Å². The van der Waals surface area contributed by atoms with Crippen LogP contribution in [0.3, 0.4) is 0 Å². The average Bonchev–Trinajstić information content (AvgIpc) is 3.19. The molecule has 0 radical (unpaired) electrons. The van der Waals surface area contributed by atoms with Crippen LogP contribution in [-0.2, 0) is 16.0 Å². The summed E-state index contributed by atoms with van der Waals surface area (Å²) in [4.78, 5) is 38.3. The Morgan fingerprint density at radius 1 is 1.15 bits per heavy atom. The maximum atomic E-state index is 13.4. The molecular formula is C26H28N6O2. The van der Waals surface area contributed by atoms with Crippen LogP contribution < -0.4 is 20.4 Å². The molecule has 0 aliphatic carbocycles. The van der Waals surface area contributed by atoms with Crippen LogP contribution >= 0.6 is 0 Å². The van der Waals surface area contributed by atoms with Crippen LogP contribution in [0.4, 0.5) is 34.5 Å². The Balaban J connectivity index is 1.52. The van der Waals surface area contributed by atoms with Gasteiger partial charge in [-0.25, -0.2) is 4.98 Å². The number of fused-ring (bicyclic) bond motifs is 2. The highest BCUT2D eigenvalue weighted by molar-refractivity contribution is 6.09. The van der Waals surface area contributed by atoms with Gasteiger partial charge in [0.15, 0.2) is 5.82 Å². The molecule has 8 heteroatoms. The van der Waals surface area contributed by atoms with E-state index in [0.717, 1.165) is 41.4 Å². The summed E-state index contributed by atoms with van der Waals surface area (Å²) in [5.41, 5.74) is 4.06. The minimum absolute atomic E-state index is 0.00219. The monoisotopic (exact) mass is 456 g/mol. The maximum Gasteiger partial charge on any atom is 0.254 e. The van der Waals surface area contributed by atoms with E-state index in [1.165, 1.54) is 0 Å². The van der Waals surface area contributed by atoms with Crippen molar-refractivity contribution < 1.29 is 9.59 Å². The lowest BCUT2D eigenvalue weighted by Crippen LogP contribution is -2.51. The van der Waals surface area contributed by atoms with Gasteiger partial charge in [-0.05, 0) is 55.2 Å². The molecule has 5 rings (SSSR count). The summed E-state index contributed by atoms with van der Waals surface area (Å²) in [5.74, 6) is 1.67. The number of carbonyl (C=O) groups is 2. The molecule has 0 saturated heterocycles. The third-order valence-electron chi connectivity index (χ3n) is 6.26. The number of anilines is 6. The molecule has 2 amide bonds. The number of benzene rings is 2. The highest BCUT2D eigenvalue weighted by atomic mass is 16.2. The zero-order valence-electron chi connectivity index (χ0n) is 19.6. The number of carbonyl (C=O) groups excluding carboxylic acids is 2. The number of hydrogen-bond donors (Lipinski definition) is 2. The highest BCUT2D eigenvalue weighted by Gasteiger charge is 2.38. The number of hydrogen-bond acceptors (Lipinski definition) is 6. The summed E-state index contributed by atoms with van der Waals surface area (Å²) in [6.45, 7) is 7.01. The smallest absolute Gasteiger partial charge is 0.254 e. The minimum atomic E-state index is -0.355. The molecule has 2 aromatic carbocycles. The Labute approximate surface area is 199 Å². The van der Waals surface area contributed by atoms with Gasteiger partial charge in [-0.3, -0.25) is 14.5 Å². The van der Waals surface area contributed by atoms with Gasteiger partial charge in [-0.1, -0.05) is 32.0 Å². The summed E-state index contributed by atoms with van der Waals surface area (Å²) in [5, 5.41) is 6.12. The van der Waals surface area contributed by atoms with Gasteiger partial charge in [-0.2, -0.15) is 4.98 Å². The van der Waals surface area contributed by atoms with Gasteiger partial charge in [0.1, 0.15) is 11.7 Å². The number of para-hydroxylation sites is 1. The van der Waals surface area contributed by atoms with Crippen LogP contribution in [-0.4, -0.2) is 34.4 Å². The van der Waals surface area contributed by atoms with Gasteiger partial charge in [0.25, 0.3) is 5.91 Å². The van der Waals surface area contributed by atoms with Crippen LogP contribution in [0, 0.1) is 5.92 Å². The second-order valence-corrected chi connectivity index (χ2v) is 9.19. The van der Waals surface area contributed by atoms with Crippen molar-refractivity contribution in [1.29, 1.82) is 0 Å². The first-order valence-electron chi connectivity index (χ1n) is 11.6. The molecule has 2 aliphatic heterocycles. The molecule has 1 atom stereocenters. The first-order chi connectivity index (χ1) is 16.4. The quantitative estimate of drug-likeness (QED) is 0.562. The van der Waals surface area contributed by atoms with Crippen LogP contribution in [0.25, 0.3) is 0 Å². The first-order valence-corrected chi connectivity index (χ1v) is 11.6. The molecule has 8 nitrogen and oxygen atoms in total. The van der Waals surface area contributed by atoms with Crippen molar-refractivity contribution in [2.75, 3.05) is 27.0 Å². The second kappa shape index (κ2) is 8.78. The Hall–Kier alpha value is -3.94. The molecule has 0 saturated carbocycles. The Morgan fingerprint density at radius 3 is 2.71 bits per heavy atom. The molecular weight excluding hydrogens is 428 g/mol. The van der Waals surface area contributed by atoms with E-state index in [4.69, 9.17) is 4.98 Å². The largest absolute Gasteiger partial charge is 0.343 e. The Morgan fingerprint density at radius 2 is 1.94 bits per heavy atom. The van der Waals surface area contributed by atoms with E-state index in [-0.39, 0.29) is 17.9 Å². The fourth-order valence-corrected chi connectivity index (χ4v) is 4.39. The summed E-state index contributed by atoms with van der Waals surface area (Å²) in [7, 11) is 0. The Kier molecular flexibility index (Phi) is 5.65. The van der Waals surface area contributed by atoms with E-state index in [2.05, 4.69) is 34.4 Å². The van der Waals surface area contributed by atoms with Gasteiger partial charge in [0.2, 0.25) is 11.9 Å². The normalized spacial score (nSPS) is 17.0. The van der Waals surface area contributed by atoms with Gasteiger partial charge >= 0.3 is 0 Å². The molecule has 0 bridgehead atoms. The van der Waals surface area contributed by atoms with Crippen LogP contribution in [0.2, 0.25) is 0 Å². The fourth-order valence-electron chi connectivity index (χ4n) is 4.39. The predicted octanol–water partition coefficient (Wildman–Crippen LogP) is 4.63. The van der Waals surface area contributed by atoms with E-state index in [1.807, 2.05) is 55.5 Å². The molecule has 2 aliphatic rings. The van der Waals surface area contributed by atoms with Crippen molar-refractivity contribution in [1.82, 2.24) is 9.97 Å². The zero-order chi connectivity index (χ0) is 23.8. The van der Waals surface area contributed by atoms with E-state index in [0.29, 0.717) is 24.0 Å². The maximum absolute atomic E-state index is 13.4. The summed E-state index contributed by atoms with van der Waals surface area (Å²) in [6, 6.07) is 15.0. The van der Waals surface area contributed by atoms with Crippen molar-refractivity contribution in [3.63, 3.8) is 0 Å². The molecule has 0 spiro atoms. The number of nitrogens with one attached hydrogen (secondary N) is 2. The van der Waals surface area contributed by atoms with Crippen LogP contribution in [0.1, 0.15) is 32.8 Å². The lowest BCUT2D eigenvalue weighted by Gasteiger charge is -2.40. The van der Waals surface area contributed by atoms with E-state index < -0.39 is 0 Å². The lowest BCUT2D eigenvalue weighted by molar-refractivity contribution is -0.119. The standard InChI is InChI=1S/C26H28N6O2/c1-16(2)11-12-31-17(3)25(34)32(20-7-5-4-6-8-20)22-15-27-26(30-24(22)31)28-19-9-10-21-18(13-19)14-23(33)29-21/h4-10,13,15-17H,11-12,14H2,1-3H3,(H,29,33)(H,27,28,30). The third kappa shape index (κ3) is 4.07. The summed E-state index contributed by atoms with van der Waals surface area (Å²) >= 11 is 0. The molecule has 3 aromatic rings. The van der Waals surface area contributed by atoms with Crippen molar-refractivity contribution in [3.05, 3.63) is 60.3 Å². The number of amides is 2. The topological polar surface area (TPSA) is 90.5 Å². The molecule has 2 N–H and O–H groups in total. The Bertz CT molecular complexity index is 1240. The molecule has 174 valence electrons. The summed E-state index contributed by atoms with van der Waals surface area (Å²) in [6.07, 6.45) is 3.02. The van der Waals surface area contributed by atoms with Gasteiger partial charge in [-0.15, -0.1) is 0 Å². The lowest BCUT2D eigenvalue weighted by atomic mass is 10.1. The third-order valence-corrected chi connectivity index (χ3v) is 6.26. The van der Waals surface area contributed by atoms with Gasteiger partial charge in [0, 0.05) is 23.6 Å². The van der Waals surface area contributed by atoms with Gasteiger partial charge < -0.3 is 15.5 Å². The van der Waals surface area contributed by atoms with Crippen molar-refractivity contribution in [2.24, 2.45) is 5.92 Å². The number of aromatic nitrogens is 2. The number of nitrogens with zero attached hydrogens (tertiary/aromatic N) is 4. The SMILES string of the molecule is CC(C)CCN1c2nc(Nc3ccc4c(c3)CC(=O)N4)ncc2N(c2ccccc2)C(=O)C1C. The van der Waals surface area contributed by atoms with Crippen molar-refractivity contribution in [2.45, 2.75) is 39.7 Å². The predicted molar refractivity (Wildman–Crippen MR) is 134 cm³/mol. The van der Waals surface area contributed by atoms with Gasteiger partial charge in [0.05, 0.1) is 12.6 Å². The molecule has 1 unspecified atom stereocenters. The average molecular weight is 457 g/mol. The first kappa shape index (κ1) is 21.9. The van der Waals surface area contributed by atoms with Crippen molar-refractivity contribution in [3.8, 4) is 0 Å². The van der Waals surface area contributed by atoms with Crippen LogP contribution in [0.5, 0.6) is 0 Å². The second-order valence-electron chi connectivity index (χ2n) is 9.19. The van der Waals surface area contributed by atoms with E-state index >= 15 is 0 Å². The fraction of sp³-hybridized carbons (Fsp3) is 0.308. The molecule has 0 fully saturated rings. The van der Waals surface area contributed by atoms with E-state index in [1.54, 1.807) is 11.1 Å².